The molecule has 0 aliphatic carbocycles. The second kappa shape index (κ2) is 9.17. The van der Waals surface area contributed by atoms with E-state index in [-0.39, 0.29) is 18.6 Å². The number of anilines is 2. The van der Waals surface area contributed by atoms with Crippen LogP contribution in [0.5, 0.6) is 11.6 Å². The van der Waals surface area contributed by atoms with Crippen molar-refractivity contribution in [3.8, 4) is 11.6 Å². The number of imidazole rings is 1. The summed E-state index contributed by atoms with van der Waals surface area (Å²) in [5.41, 5.74) is 2.92. The van der Waals surface area contributed by atoms with Crippen molar-refractivity contribution < 1.29 is 19.4 Å². The predicted octanol–water partition coefficient (Wildman–Crippen LogP) is 3.23. The van der Waals surface area contributed by atoms with Crippen LogP contribution in [0.25, 0.3) is 5.65 Å². The minimum Gasteiger partial charge on any atom is -0.490 e. The number of aliphatic carboxylic acids is 1. The van der Waals surface area contributed by atoms with Gasteiger partial charge in [0.25, 0.3) is 0 Å². The Labute approximate surface area is 192 Å². The Hall–Kier alpha value is -3.49. The average Bonchev–Trinajstić information content (AvgIpc) is 3.48. The normalized spacial score (nSPS) is 19.2. The molecule has 2 saturated heterocycles. The summed E-state index contributed by atoms with van der Waals surface area (Å²) in [6.07, 6.45) is 7.69. The highest BCUT2D eigenvalue weighted by Gasteiger charge is 2.27. The molecule has 9 heteroatoms. The standard InChI is InChI=1S/C24H29N5O4/c1-32-22-16-21(24-25-10-14-29(24)26-22)27-12-8-20(9-13-27)33-19-6-4-17(5-7-19)28-11-2-3-18(28)15-23(30)31/h4-7,10,14,16,18,20H,2-3,8-9,11-13,15H2,1H3,(H,30,31). The van der Waals surface area contributed by atoms with Crippen LogP contribution in [0.3, 0.4) is 0 Å². The fourth-order valence-corrected chi connectivity index (χ4v) is 4.92. The molecule has 0 amide bonds. The Morgan fingerprint density at radius 2 is 1.94 bits per heavy atom. The van der Waals surface area contributed by atoms with Gasteiger partial charge in [-0.3, -0.25) is 4.79 Å². The summed E-state index contributed by atoms with van der Waals surface area (Å²) in [5.74, 6) is 0.682. The van der Waals surface area contributed by atoms with Crippen LogP contribution in [0, 0.1) is 0 Å². The molecule has 2 aliphatic rings. The minimum atomic E-state index is -0.739. The largest absolute Gasteiger partial charge is 0.490 e. The lowest BCUT2D eigenvalue weighted by Gasteiger charge is -2.34. The van der Waals surface area contributed by atoms with E-state index in [0.29, 0.717) is 5.88 Å². The molecular weight excluding hydrogens is 422 g/mol. The van der Waals surface area contributed by atoms with Crippen molar-refractivity contribution >= 4 is 23.0 Å². The molecule has 5 rings (SSSR count). The van der Waals surface area contributed by atoms with Crippen molar-refractivity contribution in [3.63, 3.8) is 0 Å². The maximum atomic E-state index is 11.1. The summed E-state index contributed by atoms with van der Waals surface area (Å²) in [7, 11) is 1.62. The number of hydrogen-bond acceptors (Lipinski definition) is 7. The Kier molecular flexibility index (Phi) is 5.93. The highest BCUT2D eigenvalue weighted by molar-refractivity contribution is 5.70. The van der Waals surface area contributed by atoms with Crippen LogP contribution in [-0.4, -0.2) is 64.6 Å². The van der Waals surface area contributed by atoms with Gasteiger partial charge in [0.15, 0.2) is 5.65 Å². The average molecular weight is 452 g/mol. The Morgan fingerprint density at radius 1 is 1.15 bits per heavy atom. The first-order valence-corrected chi connectivity index (χ1v) is 11.5. The van der Waals surface area contributed by atoms with E-state index in [9.17, 15) is 4.79 Å². The molecule has 9 nitrogen and oxygen atoms in total. The molecule has 3 aromatic rings. The van der Waals surface area contributed by atoms with Gasteiger partial charge in [-0.1, -0.05) is 0 Å². The molecule has 2 fully saturated rings. The fraction of sp³-hybridized carbons (Fsp3) is 0.458. The quantitative estimate of drug-likeness (QED) is 0.585. The van der Waals surface area contributed by atoms with Gasteiger partial charge in [-0.25, -0.2) is 9.50 Å². The van der Waals surface area contributed by atoms with Crippen LogP contribution in [-0.2, 0) is 4.79 Å². The van der Waals surface area contributed by atoms with Gasteiger partial charge >= 0.3 is 5.97 Å². The van der Waals surface area contributed by atoms with Crippen molar-refractivity contribution in [3.05, 3.63) is 42.7 Å². The van der Waals surface area contributed by atoms with Crippen LogP contribution in [0.2, 0.25) is 0 Å². The lowest BCUT2D eigenvalue weighted by molar-refractivity contribution is -0.137. The third-order valence-electron chi connectivity index (χ3n) is 6.57. The van der Waals surface area contributed by atoms with Gasteiger partial charge in [0.1, 0.15) is 11.9 Å². The lowest BCUT2D eigenvalue weighted by Crippen LogP contribution is -2.38. The molecule has 1 unspecified atom stereocenters. The second-order valence-corrected chi connectivity index (χ2v) is 8.65. The molecule has 0 spiro atoms. The van der Waals surface area contributed by atoms with Gasteiger partial charge in [-0.2, -0.15) is 0 Å². The molecule has 2 aliphatic heterocycles. The predicted molar refractivity (Wildman–Crippen MR) is 124 cm³/mol. The van der Waals surface area contributed by atoms with Crippen LogP contribution < -0.4 is 19.3 Å². The van der Waals surface area contributed by atoms with E-state index in [1.54, 1.807) is 17.8 Å². The summed E-state index contributed by atoms with van der Waals surface area (Å²) < 4.78 is 13.4. The SMILES string of the molecule is COc1cc(N2CCC(Oc3ccc(N4CCCC4CC(=O)O)cc3)CC2)c2nccn2n1. The summed E-state index contributed by atoms with van der Waals surface area (Å²) in [6.45, 7) is 2.63. The van der Waals surface area contributed by atoms with Gasteiger partial charge < -0.3 is 24.4 Å². The van der Waals surface area contributed by atoms with E-state index < -0.39 is 5.97 Å². The van der Waals surface area contributed by atoms with Crippen molar-refractivity contribution in [1.82, 2.24) is 14.6 Å². The molecule has 1 N–H and O–H groups in total. The molecule has 0 radical (unpaired) electrons. The monoisotopic (exact) mass is 451 g/mol. The maximum Gasteiger partial charge on any atom is 0.305 e. The Morgan fingerprint density at radius 3 is 2.67 bits per heavy atom. The number of carbonyl (C=O) groups is 1. The van der Waals surface area contributed by atoms with Gasteiger partial charge in [0.05, 0.1) is 19.2 Å². The number of rotatable bonds is 7. The topological polar surface area (TPSA) is 92.4 Å². The first kappa shape index (κ1) is 21.4. The minimum absolute atomic E-state index is 0.0759. The summed E-state index contributed by atoms with van der Waals surface area (Å²) in [6, 6.07) is 10.1. The summed E-state index contributed by atoms with van der Waals surface area (Å²) in [5, 5.41) is 13.5. The zero-order valence-corrected chi connectivity index (χ0v) is 18.8. The third kappa shape index (κ3) is 4.53. The van der Waals surface area contributed by atoms with E-state index in [1.165, 1.54) is 0 Å². The maximum absolute atomic E-state index is 11.1. The van der Waals surface area contributed by atoms with Crippen molar-refractivity contribution in [2.75, 3.05) is 36.5 Å². The molecule has 174 valence electrons. The number of nitrogens with zero attached hydrogens (tertiary/aromatic N) is 5. The molecule has 2 aromatic heterocycles. The Balaban J connectivity index is 1.20. The summed E-state index contributed by atoms with van der Waals surface area (Å²) in [4.78, 5) is 20.1. The van der Waals surface area contributed by atoms with Crippen LogP contribution >= 0.6 is 0 Å². The molecule has 1 aromatic carbocycles. The molecule has 4 heterocycles. The zero-order valence-electron chi connectivity index (χ0n) is 18.8. The van der Waals surface area contributed by atoms with Gasteiger partial charge in [-0.15, -0.1) is 5.10 Å². The fourth-order valence-electron chi connectivity index (χ4n) is 4.92. The van der Waals surface area contributed by atoms with E-state index in [0.717, 1.165) is 68.1 Å². The molecule has 1 atom stereocenters. The first-order valence-electron chi connectivity index (χ1n) is 11.5. The molecule has 33 heavy (non-hydrogen) atoms. The summed E-state index contributed by atoms with van der Waals surface area (Å²) >= 11 is 0. The van der Waals surface area contributed by atoms with E-state index >= 15 is 0 Å². The molecule has 0 saturated carbocycles. The number of ether oxygens (including phenoxy) is 2. The highest BCUT2D eigenvalue weighted by atomic mass is 16.5. The van der Waals surface area contributed by atoms with Crippen molar-refractivity contribution in [1.29, 1.82) is 0 Å². The molecule has 0 bridgehead atoms. The number of fused-ring (bicyclic) bond motifs is 1. The third-order valence-corrected chi connectivity index (χ3v) is 6.57. The van der Waals surface area contributed by atoms with Gasteiger partial charge in [0.2, 0.25) is 5.88 Å². The number of hydrogen-bond donors (Lipinski definition) is 1. The molecular formula is C24H29N5O4. The number of piperidine rings is 1. The first-order chi connectivity index (χ1) is 16.1. The number of carboxylic acids is 1. The lowest BCUT2D eigenvalue weighted by atomic mass is 10.1. The van der Waals surface area contributed by atoms with Gasteiger partial charge in [-0.05, 0) is 37.1 Å². The Bertz CT molecular complexity index is 1110. The number of carboxylic acid groups (broad SMARTS) is 1. The van der Waals surface area contributed by atoms with Crippen molar-refractivity contribution in [2.24, 2.45) is 0 Å². The number of aromatic nitrogens is 3. The second-order valence-electron chi connectivity index (χ2n) is 8.65. The smallest absolute Gasteiger partial charge is 0.305 e. The van der Waals surface area contributed by atoms with E-state index in [1.807, 2.05) is 36.5 Å². The van der Waals surface area contributed by atoms with Crippen molar-refractivity contribution in [2.45, 2.75) is 44.2 Å². The van der Waals surface area contributed by atoms with E-state index in [4.69, 9.17) is 14.6 Å². The van der Waals surface area contributed by atoms with Crippen LogP contribution in [0.1, 0.15) is 32.1 Å². The van der Waals surface area contributed by atoms with Crippen LogP contribution in [0.15, 0.2) is 42.7 Å². The van der Waals surface area contributed by atoms with E-state index in [2.05, 4.69) is 19.9 Å². The highest BCUT2D eigenvalue weighted by Crippen LogP contribution is 2.31. The zero-order chi connectivity index (χ0) is 22.8. The number of methoxy groups -OCH3 is 1. The van der Waals surface area contributed by atoms with Gasteiger partial charge in [0, 0.05) is 62.7 Å². The number of benzene rings is 1. The van der Waals surface area contributed by atoms with Crippen LogP contribution in [0.4, 0.5) is 11.4 Å².